The summed E-state index contributed by atoms with van der Waals surface area (Å²) in [7, 11) is 0. The van der Waals surface area contributed by atoms with E-state index in [0.29, 0.717) is 38.8 Å². The Labute approximate surface area is 119 Å². The molecule has 0 aliphatic carbocycles. The third-order valence-electron chi connectivity index (χ3n) is 2.96. The lowest BCUT2D eigenvalue weighted by Gasteiger charge is -2.21. The van der Waals surface area contributed by atoms with Crippen LogP contribution in [0, 0.1) is 5.92 Å². The van der Waals surface area contributed by atoms with E-state index in [4.69, 9.17) is 9.47 Å². The first-order chi connectivity index (χ1) is 9.66. The first-order valence-electron chi connectivity index (χ1n) is 7.01. The van der Waals surface area contributed by atoms with E-state index in [1.54, 1.807) is 0 Å². The summed E-state index contributed by atoms with van der Waals surface area (Å²) in [6.45, 7) is 6.89. The van der Waals surface area contributed by atoms with Gasteiger partial charge in [-0.15, -0.1) is 0 Å². The Kier molecular flexibility index (Phi) is 5.24. The number of nitrogens with one attached hydrogen (secondary N) is 2. The summed E-state index contributed by atoms with van der Waals surface area (Å²) >= 11 is 0. The highest BCUT2D eigenvalue weighted by molar-refractivity contribution is 5.77. The number of carbonyl (C=O) groups is 1. The van der Waals surface area contributed by atoms with Crippen LogP contribution < -0.4 is 20.1 Å². The van der Waals surface area contributed by atoms with Crippen LogP contribution in [0.15, 0.2) is 18.2 Å². The molecule has 0 saturated carbocycles. The molecule has 0 spiro atoms. The normalized spacial score (nSPS) is 13.3. The van der Waals surface area contributed by atoms with Gasteiger partial charge in [0.05, 0.1) is 6.54 Å². The maximum atomic E-state index is 11.6. The largest absolute Gasteiger partial charge is 0.486 e. The molecule has 5 nitrogen and oxygen atoms in total. The van der Waals surface area contributed by atoms with Gasteiger partial charge in [0.2, 0.25) is 5.91 Å². The van der Waals surface area contributed by atoms with Crippen LogP contribution in [0.5, 0.6) is 11.5 Å². The number of amides is 1. The molecule has 1 aliphatic heterocycles. The zero-order valence-electron chi connectivity index (χ0n) is 12.1. The van der Waals surface area contributed by atoms with Gasteiger partial charge < -0.3 is 20.1 Å². The van der Waals surface area contributed by atoms with Crippen LogP contribution in [-0.2, 0) is 11.3 Å². The van der Waals surface area contributed by atoms with E-state index in [0.717, 1.165) is 17.1 Å². The van der Waals surface area contributed by atoms with Crippen molar-refractivity contribution in [3.05, 3.63) is 23.8 Å². The minimum Gasteiger partial charge on any atom is -0.486 e. The zero-order valence-corrected chi connectivity index (χ0v) is 12.1. The Bertz CT molecular complexity index is 460. The van der Waals surface area contributed by atoms with Gasteiger partial charge >= 0.3 is 0 Å². The van der Waals surface area contributed by atoms with Gasteiger partial charge in [-0.1, -0.05) is 26.0 Å². The fraction of sp³-hybridized carbons (Fsp3) is 0.533. The molecule has 0 fully saturated rings. The highest BCUT2D eigenvalue weighted by Gasteiger charge is 2.15. The summed E-state index contributed by atoms with van der Waals surface area (Å²) in [6.07, 6.45) is 0. The number of hydrogen-bond acceptors (Lipinski definition) is 4. The van der Waals surface area contributed by atoms with Crippen LogP contribution >= 0.6 is 0 Å². The van der Waals surface area contributed by atoms with Gasteiger partial charge in [0, 0.05) is 18.7 Å². The maximum Gasteiger partial charge on any atom is 0.233 e. The van der Waals surface area contributed by atoms with E-state index in [1.807, 2.05) is 18.2 Å². The fourth-order valence-corrected chi connectivity index (χ4v) is 1.96. The highest BCUT2D eigenvalue weighted by Crippen LogP contribution is 2.33. The van der Waals surface area contributed by atoms with Crippen molar-refractivity contribution in [1.29, 1.82) is 0 Å². The van der Waals surface area contributed by atoms with Gasteiger partial charge in [-0.25, -0.2) is 0 Å². The molecule has 0 aromatic heterocycles. The molecule has 1 aliphatic rings. The summed E-state index contributed by atoms with van der Waals surface area (Å²) in [5.74, 6) is 2.04. The Hall–Kier alpha value is -1.75. The van der Waals surface area contributed by atoms with Crippen LogP contribution in [0.3, 0.4) is 0 Å². The van der Waals surface area contributed by atoms with Crippen molar-refractivity contribution in [2.45, 2.75) is 20.4 Å². The summed E-state index contributed by atoms with van der Waals surface area (Å²) in [6, 6.07) is 5.81. The van der Waals surface area contributed by atoms with Crippen molar-refractivity contribution in [1.82, 2.24) is 10.6 Å². The quantitative estimate of drug-likeness (QED) is 0.824. The molecule has 1 aromatic carbocycles. The Morgan fingerprint density at radius 3 is 2.90 bits per heavy atom. The molecule has 0 atom stereocenters. The third-order valence-corrected chi connectivity index (χ3v) is 2.96. The van der Waals surface area contributed by atoms with E-state index >= 15 is 0 Å². The monoisotopic (exact) mass is 278 g/mol. The molecule has 20 heavy (non-hydrogen) atoms. The highest BCUT2D eigenvalue weighted by atomic mass is 16.6. The second kappa shape index (κ2) is 7.14. The molecular weight excluding hydrogens is 256 g/mol. The molecule has 0 bridgehead atoms. The lowest BCUT2D eigenvalue weighted by molar-refractivity contribution is -0.120. The summed E-state index contributed by atoms with van der Waals surface area (Å²) < 4.78 is 11.1. The Morgan fingerprint density at radius 2 is 2.10 bits per heavy atom. The molecule has 0 unspecified atom stereocenters. The fourth-order valence-electron chi connectivity index (χ4n) is 1.96. The van der Waals surface area contributed by atoms with Crippen LogP contribution in [0.2, 0.25) is 0 Å². The van der Waals surface area contributed by atoms with Gasteiger partial charge in [0.1, 0.15) is 13.2 Å². The van der Waals surface area contributed by atoms with Gasteiger partial charge in [0.15, 0.2) is 11.5 Å². The lowest BCUT2D eigenvalue weighted by atomic mass is 10.1. The van der Waals surface area contributed by atoms with Gasteiger partial charge in [-0.3, -0.25) is 4.79 Å². The molecular formula is C15H22N2O3. The number of rotatable bonds is 6. The van der Waals surface area contributed by atoms with Crippen molar-refractivity contribution < 1.29 is 14.3 Å². The molecule has 0 radical (unpaired) electrons. The summed E-state index contributed by atoms with van der Waals surface area (Å²) in [5.41, 5.74) is 1.01. The maximum absolute atomic E-state index is 11.6. The summed E-state index contributed by atoms with van der Waals surface area (Å²) in [4.78, 5) is 11.6. The van der Waals surface area contributed by atoms with Crippen LogP contribution in [-0.4, -0.2) is 32.2 Å². The minimum absolute atomic E-state index is 0.0145. The van der Waals surface area contributed by atoms with Crippen molar-refractivity contribution >= 4 is 5.91 Å². The lowest BCUT2D eigenvalue weighted by Crippen LogP contribution is -2.35. The number of hydrogen-bond donors (Lipinski definition) is 2. The minimum atomic E-state index is 0.0145. The molecule has 2 N–H and O–H groups in total. The summed E-state index contributed by atoms with van der Waals surface area (Å²) in [5, 5.41) is 6.00. The van der Waals surface area contributed by atoms with Crippen LogP contribution in [0.25, 0.3) is 0 Å². The molecule has 0 saturated heterocycles. The average Bonchev–Trinajstić information content (AvgIpc) is 2.45. The SMILES string of the molecule is CC(C)CNC(=O)CNCc1cccc2c1OCCO2. The molecule has 1 amide bonds. The Balaban J connectivity index is 1.81. The van der Waals surface area contributed by atoms with E-state index in [1.165, 1.54) is 0 Å². The molecule has 5 heteroatoms. The predicted molar refractivity (Wildman–Crippen MR) is 77.0 cm³/mol. The number of fused-ring (bicyclic) bond motifs is 1. The van der Waals surface area contributed by atoms with E-state index in [2.05, 4.69) is 24.5 Å². The van der Waals surface area contributed by atoms with Crippen molar-refractivity contribution in [2.75, 3.05) is 26.3 Å². The third kappa shape index (κ3) is 4.13. The smallest absolute Gasteiger partial charge is 0.233 e. The number of para-hydroxylation sites is 1. The average molecular weight is 278 g/mol. The molecule has 110 valence electrons. The number of ether oxygens (including phenoxy) is 2. The van der Waals surface area contributed by atoms with Crippen molar-refractivity contribution in [3.8, 4) is 11.5 Å². The number of carbonyl (C=O) groups excluding carboxylic acids is 1. The van der Waals surface area contributed by atoms with Gasteiger partial charge in [-0.05, 0) is 12.0 Å². The molecule has 1 heterocycles. The van der Waals surface area contributed by atoms with E-state index in [9.17, 15) is 4.79 Å². The van der Waals surface area contributed by atoms with Gasteiger partial charge in [-0.2, -0.15) is 0 Å². The second-order valence-electron chi connectivity index (χ2n) is 5.24. The van der Waals surface area contributed by atoms with E-state index < -0.39 is 0 Å². The second-order valence-corrected chi connectivity index (χ2v) is 5.24. The molecule has 1 aromatic rings. The predicted octanol–water partition coefficient (Wildman–Crippen LogP) is 1.32. The van der Waals surface area contributed by atoms with Crippen LogP contribution in [0.4, 0.5) is 0 Å². The first kappa shape index (κ1) is 14.7. The topological polar surface area (TPSA) is 59.6 Å². The van der Waals surface area contributed by atoms with Crippen LogP contribution in [0.1, 0.15) is 19.4 Å². The molecule has 2 rings (SSSR count). The number of benzene rings is 1. The van der Waals surface area contributed by atoms with E-state index in [-0.39, 0.29) is 5.91 Å². The van der Waals surface area contributed by atoms with Crippen molar-refractivity contribution in [2.24, 2.45) is 5.92 Å². The standard InChI is InChI=1S/C15H22N2O3/c1-11(2)8-17-14(18)10-16-9-12-4-3-5-13-15(12)20-7-6-19-13/h3-5,11,16H,6-10H2,1-2H3,(H,17,18). The van der Waals surface area contributed by atoms with Crippen molar-refractivity contribution in [3.63, 3.8) is 0 Å². The zero-order chi connectivity index (χ0) is 14.4. The first-order valence-corrected chi connectivity index (χ1v) is 7.01. The Morgan fingerprint density at radius 1 is 1.30 bits per heavy atom. The van der Waals surface area contributed by atoms with Gasteiger partial charge in [0.25, 0.3) is 0 Å².